The predicted octanol–water partition coefficient (Wildman–Crippen LogP) is 3.39. The highest BCUT2D eigenvalue weighted by Gasteiger charge is 2.32. The van der Waals surface area contributed by atoms with E-state index in [9.17, 15) is 8.42 Å². The molecule has 2 N–H and O–H groups in total. The summed E-state index contributed by atoms with van der Waals surface area (Å²) in [6, 6.07) is 7.91. The van der Waals surface area contributed by atoms with Crippen LogP contribution in [0.5, 0.6) is 0 Å². The van der Waals surface area contributed by atoms with Gasteiger partial charge in [-0.15, -0.1) is 0 Å². The van der Waals surface area contributed by atoms with E-state index in [1.54, 1.807) is 19.1 Å². The molecule has 4 nitrogen and oxygen atoms in total. The number of sulfonamides is 1. The number of thioether (sulfide) groups is 1. The summed E-state index contributed by atoms with van der Waals surface area (Å²) in [5.41, 5.74) is 1.93. The zero-order valence-corrected chi connectivity index (χ0v) is 14.5. The molecule has 21 heavy (non-hydrogen) atoms. The number of benzene rings is 1. The minimum Gasteiger partial charge on any atom is -0.381 e. The van der Waals surface area contributed by atoms with E-state index in [1.807, 2.05) is 23.9 Å². The predicted molar refractivity (Wildman–Crippen MR) is 92.7 cm³/mol. The van der Waals surface area contributed by atoms with E-state index in [0.29, 0.717) is 11.7 Å². The van der Waals surface area contributed by atoms with Gasteiger partial charge in [0, 0.05) is 23.2 Å². The molecule has 0 saturated carbocycles. The van der Waals surface area contributed by atoms with Crippen molar-refractivity contribution in [2.45, 2.75) is 33.2 Å². The monoisotopic (exact) mass is 328 g/mol. The van der Waals surface area contributed by atoms with Crippen LogP contribution in [-0.4, -0.2) is 31.7 Å². The van der Waals surface area contributed by atoms with Crippen LogP contribution < -0.4 is 10.0 Å². The lowest BCUT2D eigenvalue weighted by atomic mass is 9.82. The van der Waals surface area contributed by atoms with Crippen LogP contribution in [0.1, 0.15) is 27.2 Å². The first kappa shape index (κ1) is 16.5. The molecule has 1 fully saturated rings. The summed E-state index contributed by atoms with van der Waals surface area (Å²) in [5.74, 6) is 2.42. The zero-order chi connectivity index (χ0) is 15.5. The van der Waals surface area contributed by atoms with E-state index in [2.05, 4.69) is 23.9 Å². The second-order valence-corrected chi connectivity index (χ2v) is 9.25. The number of hydrogen-bond donors (Lipinski definition) is 2. The Hall–Kier alpha value is -0.880. The molecule has 0 spiro atoms. The van der Waals surface area contributed by atoms with E-state index in [0.717, 1.165) is 11.4 Å². The Bertz CT molecular complexity index is 568. The molecule has 1 aliphatic heterocycles. The van der Waals surface area contributed by atoms with Crippen molar-refractivity contribution in [2.24, 2.45) is 5.41 Å². The molecular formula is C15H24N2O2S2. The van der Waals surface area contributed by atoms with Crippen LogP contribution in [-0.2, 0) is 10.0 Å². The number of hydrogen-bond acceptors (Lipinski definition) is 4. The van der Waals surface area contributed by atoms with Crippen molar-refractivity contribution in [1.82, 2.24) is 0 Å². The summed E-state index contributed by atoms with van der Waals surface area (Å²) in [6.07, 6.45) is 1.21. The number of anilines is 2. The smallest absolute Gasteiger partial charge is 0.232 e. The minimum absolute atomic E-state index is 0.0838. The van der Waals surface area contributed by atoms with Crippen molar-refractivity contribution in [1.29, 1.82) is 0 Å². The van der Waals surface area contributed by atoms with Crippen molar-refractivity contribution in [3.05, 3.63) is 24.3 Å². The van der Waals surface area contributed by atoms with Gasteiger partial charge in [0.25, 0.3) is 0 Å². The minimum atomic E-state index is -3.20. The Morgan fingerprint density at radius 1 is 1.24 bits per heavy atom. The summed E-state index contributed by atoms with van der Waals surface area (Å²) in [4.78, 5) is 0. The van der Waals surface area contributed by atoms with Gasteiger partial charge in [0.2, 0.25) is 10.0 Å². The maximum absolute atomic E-state index is 11.5. The van der Waals surface area contributed by atoms with Crippen LogP contribution in [0, 0.1) is 5.41 Å². The first-order valence-electron chi connectivity index (χ1n) is 7.27. The summed E-state index contributed by atoms with van der Waals surface area (Å²) in [5, 5.41) is 3.58. The van der Waals surface area contributed by atoms with Gasteiger partial charge >= 0.3 is 0 Å². The van der Waals surface area contributed by atoms with Crippen LogP contribution in [0.2, 0.25) is 0 Å². The van der Waals surface area contributed by atoms with E-state index in [1.165, 1.54) is 12.2 Å². The Balaban J connectivity index is 2.02. The Kier molecular flexibility index (Phi) is 5.09. The quantitative estimate of drug-likeness (QED) is 0.870. The van der Waals surface area contributed by atoms with Crippen LogP contribution >= 0.6 is 11.8 Å². The zero-order valence-electron chi connectivity index (χ0n) is 12.8. The third kappa shape index (κ3) is 4.54. The van der Waals surface area contributed by atoms with Gasteiger partial charge in [-0.2, -0.15) is 11.8 Å². The lowest BCUT2D eigenvalue weighted by molar-refractivity contribution is 0.305. The third-order valence-electron chi connectivity index (χ3n) is 4.00. The first-order chi connectivity index (χ1) is 9.82. The SMILES string of the molecule is CCS(=O)(=O)Nc1ccc(NC2CSCCC2(C)C)cc1. The topological polar surface area (TPSA) is 58.2 Å². The summed E-state index contributed by atoms with van der Waals surface area (Å²) in [7, 11) is -3.20. The third-order valence-corrected chi connectivity index (χ3v) is 6.37. The fourth-order valence-corrected chi connectivity index (χ4v) is 4.51. The Morgan fingerprint density at radius 3 is 2.43 bits per heavy atom. The van der Waals surface area contributed by atoms with Crippen LogP contribution in [0.15, 0.2) is 24.3 Å². The molecule has 118 valence electrons. The van der Waals surface area contributed by atoms with Crippen molar-refractivity contribution in [3.63, 3.8) is 0 Å². The highest BCUT2D eigenvalue weighted by atomic mass is 32.2. The van der Waals surface area contributed by atoms with Gasteiger partial charge in [-0.1, -0.05) is 13.8 Å². The largest absolute Gasteiger partial charge is 0.381 e. The number of nitrogens with one attached hydrogen (secondary N) is 2. The summed E-state index contributed by atoms with van der Waals surface area (Å²) >= 11 is 1.98. The van der Waals surface area contributed by atoms with E-state index in [-0.39, 0.29) is 11.2 Å². The van der Waals surface area contributed by atoms with E-state index in [4.69, 9.17) is 0 Å². The second kappa shape index (κ2) is 6.48. The van der Waals surface area contributed by atoms with Crippen molar-refractivity contribution in [3.8, 4) is 0 Å². The molecule has 0 aliphatic carbocycles. The molecule has 1 aromatic carbocycles. The maximum atomic E-state index is 11.5. The van der Waals surface area contributed by atoms with Crippen molar-refractivity contribution in [2.75, 3.05) is 27.3 Å². The maximum Gasteiger partial charge on any atom is 0.232 e. The number of rotatable bonds is 5. The van der Waals surface area contributed by atoms with Gasteiger partial charge < -0.3 is 5.32 Å². The van der Waals surface area contributed by atoms with Crippen molar-refractivity contribution >= 4 is 33.2 Å². The standard InChI is InChI=1S/C15H24N2O2S2/c1-4-21(18,19)17-13-7-5-12(6-8-13)16-14-11-20-10-9-15(14,2)3/h5-8,14,16-17H,4,9-11H2,1-3H3. The van der Waals surface area contributed by atoms with Gasteiger partial charge in [0.15, 0.2) is 0 Å². The molecule has 0 aromatic heterocycles. The molecular weight excluding hydrogens is 304 g/mol. The molecule has 2 rings (SSSR count). The second-order valence-electron chi connectivity index (χ2n) is 6.09. The van der Waals surface area contributed by atoms with Gasteiger partial charge in [-0.25, -0.2) is 8.42 Å². The Labute approximate surface area is 132 Å². The van der Waals surface area contributed by atoms with Gasteiger partial charge in [-0.3, -0.25) is 4.72 Å². The molecule has 1 atom stereocenters. The Morgan fingerprint density at radius 2 is 1.86 bits per heavy atom. The molecule has 6 heteroatoms. The molecule has 1 saturated heterocycles. The van der Waals surface area contributed by atoms with Crippen LogP contribution in [0.4, 0.5) is 11.4 Å². The summed E-state index contributed by atoms with van der Waals surface area (Å²) < 4.78 is 25.6. The van der Waals surface area contributed by atoms with Gasteiger partial charge in [-0.05, 0) is 48.8 Å². The molecule has 1 heterocycles. The normalized spacial score (nSPS) is 21.8. The summed E-state index contributed by atoms with van der Waals surface area (Å²) in [6.45, 7) is 6.23. The molecule has 1 unspecified atom stereocenters. The van der Waals surface area contributed by atoms with Crippen LogP contribution in [0.3, 0.4) is 0 Å². The molecule has 0 amide bonds. The molecule has 0 bridgehead atoms. The molecule has 1 aliphatic rings. The lowest BCUT2D eigenvalue weighted by Crippen LogP contribution is -2.41. The first-order valence-corrected chi connectivity index (χ1v) is 10.1. The van der Waals surface area contributed by atoms with Crippen LogP contribution in [0.25, 0.3) is 0 Å². The lowest BCUT2D eigenvalue weighted by Gasteiger charge is -2.39. The average Bonchev–Trinajstić information content (AvgIpc) is 2.43. The fourth-order valence-electron chi connectivity index (χ4n) is 2.26. The molecule has 0 radical (unpaired) electrons. The van der Waals surface area contributed by atoms with Gasteiger partial charge in [0.1, 0.15) is 0 Å². The van der Waals surface area contributed by atoms with E-state index < -0.39 is 10.0 Å². The highest BCUT2D eigenvalue weighted by molar-refractivity contribution is 7.99. The molecule has 1 aromatic rings. The van der Waals surface area contributed by atoms with Crippen molar-refractivity contribution < 1.29 is 8.42 Å². The van der Waals surface area contributed by atoms with E-state index >= 15 is 0 Å². The average molecular weight is 329 g/mol. The highest BCUT2D eigenvalue weighted by Crippen LogP contribution is 2.36. The fraction of sp³-hybridized carbons (Fsp3) is 0.600. The van der Waals surface area contributed by atoms with Gasteiger partial charge in [0.05, 0.1) is 5.75 Å².